The lowest BCUT2D eigenvalue weighted by Crippen LogP contribution is -1.95. The summed E-state index contributed by atoms with van der Waals surface area (Å²) in [7, 11) is 1.95. The van der Waals surface area contributed by atoms with Crippen LogP contribution in [0.3, 0.4) is 0 Å². The lowest BCUT2D eigenvalue weighted by atomic mass is 10.1. The molecule has 2 aromatic heterocycles. The van der Waals surface area contributed by atoms with Crippen molar-refractivity contribution in [3.05, 3.63) is 71.1 Å². The molecule has 0 spiro atoms. The van der Waals surface area contributed by atoms with Crippen LogP contribution in [-0.2, 0) is 12.8 Å². The average Bonchev–Trinajstić information content (AvgIpc) is 3.28. The maximum atomic E-state index is 5.95. The zero-order valence-corrected chi connectivity index (χ0v) is 16.5. The zero-order chi connectivity index (χ0) is 18.8. The summed E-state index contributed by atoms with van der Waals surface area (Å²) in [5.74, 6) is 2.09. The van der Waals surface area contributed by atoms with Gasteiger partial charge in [-0.3, -0.25) is 0 Å². The van der Waals surface area contributed by atoms with E-state index < -0.39 is 0 Å². The van der Waals surface area contributed by atoms with E-state index in [-0.39, 0.29) is 0 Å². The number of thioether (sulfide) groups is 1. The van der Waals surface area contributed by atoms with Crippen LogP contribution in [-0.4, -0.2) is 19.7 Å². The van der Waals surface area contributed by atoms with Crippen molar-refractivity contribution in [1.29, 1.82) is 0 Å². The molecule has 0 saturated carbocycles. The highest BCUT2D eigenvalue weighted by Crippen LogP contribution is 2.27. The van der Waals surface area contributed by atoms with Gasteiger partial charge in [-0.15, -0.1) is 10.2 Å². The molecule has 0 unspecified atom stereocenters. The van der Waals surface area contributed by atoms with Gasteiger partial charge < -0.3 is 8.98 Å². The molecule has 27 heavy (non-hydrogen) atoms. The van der Waals surface area contributed by atoms with Crippen LogP contribution >= 0.6 is 23.4 Å². The van der Waals surface area contributed by atoms with Gasteiger partial charge >= 0.3 is 0 Å². The minimum atomic E-state index is 0.630. The Morgan fingerprint density at radius 1 is 1.00 bits per heavy atom. The topological polar surface area (TPSA) is 56.7 Å². The monoisotopic (exact) mass is 396 g/mol. The Hall–Kier alpha value is -2.57. The van der Waals surface area contributed by atoms with Crippen LogP contribution in [0.25, 0.3) is 22.8 Å². The van der Waals surface area contributed by atoms with Gasteiger partial charge in [0.2, 0.25) is 5.89 Å². The second-order valence-electron chi connectivity index (χ2n) is 6.17. The van der Waals surface area contributed by atoms with E-state index in [0.29, 0.717) is 16.7 Å². The maximum Gasteiger partial charge on any atom is 0.226 e. The highest BCUT2D eigenvalue weighted by atomic mass is 35.5. The molecule has 0 N–H and O–H groups in total. The molecule has 7 heteroatoms. The number of halogens is 1. The number of oxazole rings is 1. The lowest BCUT2D eigenvalue weighted by Gasteiger charge is -2.03. The highest BCUT2D eigenvalue weighted by molar-refractivity contribution is 7.98. The molecule has 0 amide bonds. The van der Waals surface area contributed by atoms with E-state index >= 15 is 0 Å². The third-order valence-corrected chi connectivity index (χ3v) is 5.44. The van der Waals surface area contributed by atoms with Gasteiger partial charge in [0, 0.05) is 29.0 Å². The van der Waals surface area contributed by atoms with Gasteiger partial charge in [-0.25, -0.2) is 4.98 Å². The van der Waals surface area contributed by atoms with Crippen molar-refractivity contribution in [2.45, 2.75) is 17.8 Å². The molecule has 2 heterocycles. The number of hydrogen-bond acceptors (Lipinski definition) is 5. The Balaban J connectivity index is 1.46. The molecular weight excluding hydrogens is 380 g/mol. The smallest absolute Gasteiger partial charge is 0.226 e. The largest absolute Gasteiger partial charge is 0.444 e. The van der Waals surface area contributed by atoms with Crippen molar-refractivity contribution in [2.24, 2.45) is 7.05 Å². The first kappa shape index (κ1) is 17.8. The van der Waals surface area contributed by atoms with E-state index in [0.717, 1.165) is 27.8 Å². The quantitative estimate of drug-likeness (QED) is 0.423. The van der Waals surface area contributed by atoms with Gasteiger partial charge in [0.25, 0.3) is 0 Å². The van der Waals surface area contributed by atoms with Crippen molar-refractivity contribution in [2.75, 3.05) is 0 Å². The fraction of sp³-hybridized carbons (Fsp3) is 0.150. The molecule has 0 atom stereocenters. The first-order valence-electron chi connectivity index (χ1n) is 8.40. The normalized spacial score (nSPS) is 11.1. The second-order valence-corrected chi connectivity index (χ2v) is 7.55. The minimum absolute atomic E-state index is 0.630. The Labute approximate surface area is 166 Å². The zero-order valence-electron chi connectivity index (χ0n) is 14.9. The maximum absolute atomic E-state index is 5.95. The number of aryl methyl sites for hydroxylation is 1. The van der Waals surface area contributed by atoms with Crippen molar-refractivity contribution in [3.63, 3.8) is 0 Å². The van der Waals surface area contributed by atoms with Crippen LogP contribution in [0.5, 0.6) is 0 Å². The first-order valence-corrected chi connectivity index (χ1v) is 9.76. The molecule has 4 rings (SSSR count). The summed E-state index contributed by atoms with van der Waals surface area (Å²) in [6, 6.07) is 15.7. The van der Waals surface area contributed by atoms with Crippen molar-refractivity contribution in [3.8, 4) is 22.8 Å². The van der Waals surface area contributed by atoms with E-state index in [1.54, 1.807) is 18.0 Å². The average molecular weight is 397 g/mol. The van der Waals surface area contributed by atoms with Crippen LogP contribution in [0, 0.1) is 6.92 Å². The van der Waals surface area contributed by atoms with Gasteiger partial charge in [0.15, 0.2) is 11.0 Å². The predicted molar refractivity (Wildman–Crippen MR) is 108 cm³/mol. The van der Waals surface area contributed by atoms with Gasteiger partial charge in [0.1, 0.15) is 6.26 Å². The lowest BCUT2D eigenvalue weighted by molar-refractivity contribution is 0.573. The summed E-state index contributed by atoms with van der Waals surface area (Å²) in [6.07, 6.45) is 1.69. The summed E-state index contributed by atoms with van der Waals surface area (Å²) in [6.45, 7) is 2.06. The molecular formula is C20H17ClN4OS. The molecule has 0 bridgehead atoms. The standard InChI is InChI=1S/C20H17ClN4OS/c1-13-3-5-15(6-4-13)19-22-17(11-26-19)12-27-20-24-23-18(25(20)2)14-7-9-16(21)10-8-14/h3-11H,12H2,1-2H3. The van der Waals surface area contributed by atoms with Crippen molar-refractivity contribution in [1.82, 2.24) is 19.7 Å². The number of aromatic nitrogens is 4. The fourth-order valence-corrected chi connectivity index (χ4v) is 3.55. The van der Waals surface area contributed by atoms with Gasteiger partial charge in [-0.1, -0.05) is 41.1 Å². The Morgan fingerprint density at radius 3 is 2.44 bits per heavy atom. The number of nitrogens with zero attached hydrogens (tertiary/aromatic N) is 4. The molecule has 5 nitrogen and oxygen atoms in total. The van der Waals surface area contributed by atoms with E-state index in [1.165, 1.54) is 5.56 Å². The second kappa shape index (κ2) is 7.58. The Kier molecular flexibility index (Phi) is 5.01. The van der Waals surface area contributed by atoms with Crippen molar-refractivity contribution >= 4 is 23.4 Å². The summed E-state index contributed by atoms with van der Waals surface area (Å²) >= 11 is 7.52. The summed E-state index contributed by atoms with van der Waals surface area (Å²) in [5.41, 5.74) is 4.02. The highest BCUT2D eigenvalue weighted by Gasteiger charge is 2.13. The molecule has 2 aromatic carbocycles. The molecule has 4 aromatic rings. The molecule has 0 aliphatic rings. The third-order valence-electron chi connectivity index (χ3n) is 4.14. The van der Waals surface area contributed by atoms with Gasteiger partial charge in [-0.05, 0) is 43.3 Å². The molecule has 0 radical (unpaired) electrons. The molecule has 0 fully saturated rings. The van der Waals surface area contributed by atoms with E-state index in [9.17, 15) is 0 Å². The number of benzene rings is 2. The predicted octanol–water partition coefficient (Wildman–Crippen LogP) is 5.39. The number of rotatable bonds is 5. The number of hydrogen-bond donors (Lipinski definition) is 0. The third kappa shape index (κ3) is 3.91. The van der Waals surface area contributed by atoms with Crippen LogP contribution in [0.15, 0.2) is 64.4 Å². The molecule has 0 aliphatic heterocycles. The van der Waals surface area contributed by atoms with Crippen LogP contribution in [0.1, 0.15) is 11.3 Å². The molecule has 136 valence electrons. The SMILES string of the molecule is Cc1ccc(-c2nc(CSc3nnc(-c4ccc(Cl)cc4)n3C)co2)cc1. The first-order chi connectivity index (χ1) is 13.1. The van der Waals surface area contributed by atoms with E-state index in [2.05, 4.69) is 22.1 Å². The van der Waals surface area contributed by atoms with E-state index in [1.807, 2.05) is 60.1 Å². The molecule has 0 saturated heterocycles. The fourth-order valence-electron chi connectivity index (χ4n) is 2.63. The summed E-state index contributed by atoms with van der Waals surface area (Å²) in [5, 5.41) is 10.1. The van der Waals surface area contributed by atoms with Gasteiger partial charge in [0.05, 0.1) is 5.69 Å². The summed E-state index contributed by atoms with van der Waals surface area (Å²) in [4.78, 5) is 4.57. The van der Waals surface area contributed by atoms with Crippen LogP contribution < -0.4 is 0 Å². The Morgan fingerprint density at radius 2 is 1.70 bits per heavy atom. The van der Waals surface area contributed by atoms with Crippen molar-refractivity contribution < 1.29 is 4.42 Å². The van der Waals surface area contributed by atoms with Crippen LogP contribution in [0.4, 0.5) is 0 Å². The Bertz CT molecular complexity index is 1050. The molecule has 0 aliphatic carbocycles. The summed E-state index contributed by atoms with van der Waals surface area (Å²) < 4.78 is 7.58. The minimum Gasteiger partial charge on any atom is -0.444 e. The van der Waals surface area contributed by atoms with Crippen LogP contribution in [0.2, 0.25) is 5.02 Å². The van der Waals surface area contributed by atoms with E-state index in [4.69, 9.17) is 16.0 Å². The van der Waals surface area contributed by atoms with Gasteiger partial charge in [-0.2, -0.15) is 0 Å².